The zero-order valence-corrected chi connectivity index (χ0v) is 21.4. The van der Waals surface area contributed by atoms with Gasteiger partial charge in [-0.05, 0) is 44.0 Å². The zero-order valence-electron chi connectivity index (χ0n) is 19.8. The first-order valence-corrected chi connectivity index (χ1v) is 14.3. The molecule has 0 aliphatic carbocycles. The Kier molecular flexibility index (Phi) is 6.95. The molecule has 2 aliphatic heterocycles. The van der Waals surface area contributed by atoms with E-state index in [0.717, 1.165) is 53.4 Å². The Labute approximate surface area is 210 Å². The Morgan fingerprint density at radius 1 is 0.886 bits per heavy atom. The number of para-hydroxylation sites is 2. The predicted molar refractivity (Wildman–Crippen MR) is 138 cm³/mol. The van der Waals surface area contributed by atoms with Gasteiger partial charge >= 0.3 is 0 Å². The van der Waals surface area contributed by atoms with Crippen LogP contribution in [0.5, 0.6) is 0 Å². The van der Waals surface area contributed by atoms with Crippen LogP contribution in [0.2, 0.25) is 0 Å². The molecule has 5 rings (SSSR count). The molecule has 2 aliphatic rings. The van der Waals surface area contributed by atoms with Crippen molar-refractivity contribution in [2.24, 2.45) is 0 Å². The summed E-state index contributed by atoms with van der Waals surface area (Å²) < 4.78 is 27.4. The summed E-state index contributed by atoms with van der Waals surface area (Å²) in [6.45, 7) is 5.18. The maximum Gasteiger partial charge on any atom is 0.243 e. The van der Waals surface area contributed by atoms with Crippen molar-refractivity contribution in [1.82, 2.24) is 19.2 Å². The lowest BCUT2D eigenvalue weighted by molar-refractivity contribution is -0.129. The zero-order chi connectivity index (χ0) is 24.4. The number of nitrogens with zero attached hydrogens (tertiary/aromatic N) is 5. The van der Waals surface area contributed by atoms with Crippen LogP contribution in [-0.2, 0) is 14.8 Å². The minimum Gasteiger partial charge on any atom is -0.354 e. The van der Waals surface area contributed by atoms with Crippen molar-refractivity contribution < 1.29 is 13.2 Å². The van der Waals surface area contributed by atoms with Crippen LogP contribution in [0.4, 0.5) is 5.82 Å². The second-order valence-electron chi connectivity index (χ2n) is 8.92. The Morgan fingerprint density at radius 3 is 2.17 bits per heavy atom. The minimum atomic E-state index is -3.55. The van der Waals surface area contributed by atoms with Crippen LogP contribution in [0.25, 0.3) is 11.0 Å². The fourth-order valence-corrected chi connectivity index (χ4v) is 6.80. The number of rotatable bonds is 6. The second-order valence-corrected chi connectivity index (χ2v) is 11.8. The summed E-state index contributed by atoms with van der Waals surface area (Å²) in [6.07, 6.45) is 2.26. The third kappa shape index (κ3) is 5.14. The van der Waals surface area contributed by atoms with Crippen molar-refractivity contribution in [1.29, 1.82) is 0 Å². The number of anilines is 1. The molecule has 3 heterocycles. The normalized spacial score (nSPS) is 17.3. The third-order valence-electron chi connectivity index (χ3n) is 6.51. The van der Waals surface area contributed by atoms with Gasteiger partial charge in [0.2, 0.25) is 15.9 Å². The number of thioether (sulfide) groups is 1. The third-order valence-corrected chi connectivity index (χ3v) is 9.36. The van der Waals surface area contributed by atoms with E-state index in [9.17, 15) is 13.2 Å². The number of benzene rings is 2. The van der Waals surface area contributed by atoms with E-state index in [-0.39, 0.29) is 11.7 Å². The van der Waals surface area contributed by atoms with Crippen molar-refractivity contribution in [3.05, 3.63) is 54.1 Å². The molecular formula is C25H29N5O3S2. The van der Waals surface area contributed by atoms with Crippen LogP contribution in [0.3, 0.4) is 0 Å². The number of fused-ring (bicyclic) bond motifs is 1. The topological polar surface area (TPSA) is 86.7 Å². The highest BCUT2D eigenvalue weighted by Crippen LogP contribution is 2.31. The van der Waals surface area contributed by atoms with Gasteiger partial charge in [0, 0.05) is 39.3 Å². The molecule has 0 N–H and O–H groups in total. The average molecular weight is 512 g/mol. The van der Waals surface area contributed by atoms with Gasteiger partial charge in [-0.15, -0.1) is 0 Å². The van der Waals surface area contributed by atoms with Gasteiger partial charge < -0.3 is 9.80 Å². The standard InChI is InChI=1S/C25H29N5O3S2/c1-19-8-10-20(11-9-19)35(32,33)30-16-14-28(15-17-30)23(31)18-34-25-24(29-12-4-5-13-29)26-21-6-2-3-7-22(21)27-25/h2-3,6-11H,4-5,12-18H2,1H3. The van der Waals surface area contributed by atoms with Crippen molar-refractivity contribution >= 4 is 44.5 Å². The smallest absolute Gasteiger partial charge is 0.243 e. The summed E-state index contributed by atoms with van der Waals surface area (Å²) >= 11 is 1.42. The molecule has 0 unspecified atom stereocenters. The fourth-order valence-electron chi connectivity index (χ4n) is 4.46. The van der Waals surface area contributed by atoms with Gasteiger partial charge in [0.05, 0.1) is 21.7 Å². The summed E-state index contributed by atoms with van der Waals surface area (Å²) in [5.41, 5.74) is 2.69. The van der Waals surface area contributed by atoms with Crippen LogP contribution in [0, 0.1) is 6.92 Å². The van der Waals surface area contributed by atoms with E-state index >= 15 is 0 Å². The molecule has 2 aromatic carbocycles. The highest BCUT2D eigenvalue weighted by Gasteiger charge is 2.30. The molecule has 0 saturated carbocycles. The molecule has 10 heteroatoms. The highest BCUT2D eigenvalue weighted by molar-refractivity contribution is 8.00. The van der Waals surface area contributed by atoms with E-state index in [2.05, 4.69) is 4.90 Å². The number of aromatic nitrogens is 2. The van der Waals surface area contributed by atoms with Crippen LogP contribution >= 0.6 is 11.8 Å². The monoisotopic (exact) mass is 511 g/mol. The lowest BCUT2D eigenvalue weighted by Crippen LogP contribution is -2.50. The highest BCUT2D eigenvalue weighted by atomic mass is 32.2. The number of sulfonamides is 1. The van der Waals surface area contributed by atoms with Crippen molar-refractivity contribution in [3.8, 4) is 0 Å². The van der Waals surface area contributed by atoms with Crippen molar-refractivity contribution in [2.75, 3.05) is 49.9 Å². The van der Waals surface area contributed by atoms with Gasteiger partial charge in [0.25, 0.3) is 0 Å². The Balaban J connectivity index is 1.23. The molecule has 3 aromatic rings. The number of carbonyl (C=O) groups excluding carboxylic acids is 1. The van der Waals surface area contributed by atoms with Gasteiger partial charge in [-0.1, -0.05) is 41.6 Å². The van der Waals surface area contributed by atoms with E-state index in [0.29, 0.717) is 31.1 Å². The van der Waals surface area contributed by atoms with E-state index in [1.807, 2.05) is 31.2 Å². The Hall–Kier alpha value is -2.69. The largest absolute Gasteiger partial charge is 0.354 e. The van der Waals surface area contributed by atoms with Crippen LogP contribution in [0.1, 0.15) is 18.4 Å². The van der Waals surface area contributed by atoms with Gasteiger partial charge in [0.1, 0.15) is 5.03 Å². The molecule has 35 heavy (non-hydrogen) atoms. The Bertz CT molecular complexity index is 1320. The predicted octanol–water partition coefficient (Wildman–Crippen LogP) is 3.16. The van der Waals surface area contributed by atoms with E-state index < -0.39 is 10.0 Å². The molecule has 184 valence electrons. The first-order chi connectivity index (χ1) is 16.9. The maximum absolute atomic E-state index is 13.0. The lowest BCUT2D eigenvalue weighted by atomic mass is 10.2. The summed E-state index contributed by atoms with van der Waals surface area (Å²) in [5, 5.41) is 0.777. The summed E-state index contributed by atoms with van der Waals surface area (Å²) in [5.74, 6) is 1.09. The van der Waals surface area contributed by atoms with Gasteiger partial charge in [0.15, 0.2) is 5.82 Å². The van der Waals surface area contributed by atoms with Crippen LogP contribution < -0.4 is 4.90 Å². The van der Waals surface area contributed by atoms with E-state index in [1.165, 1.54) is 16.1 Å². The number of piperazine rings is 1. The van der Waals surface area contributed by atoms with Crippen molar-refractivity contribution in [2.45, 2.75) is 29.7 Å². The maximum atomic E-state index is 13.0. The number of carbonyl (C=O) groups is 1. The number of aryl methyl sites for hydroxylation is 1. The molecular weight excluding hydrogens is 482 g/mol. The quantitative estimate of drug-likeness (QED) is 0.470. The van der Waals surface area contributed by atoms with Gasteiger partial charge in [-0.25, -0.2) is 18.4 Å². The van der Waals surface area contributed by atoms with Crippen LogP contribution in [0.15, 0.2) is 58.5 Å². The molecule has 0 radical (unpaired) electrons. The van der Waals surface area contributed by atoms with Crippen molar-refractivity contribution in [3.63, 3.8) is 0 Å². The molecule has 8 nitrogen and oxygen atoms in total. The Morgan fingerprint density at radius 2 is 1.51 bits per heavy atom. The number of hydrogen-bond acceptors (Lipinski definition) is 7. The van der Waals surface area contributed by atoms with Gasteiger partial charge in [-0.2, -0.15) is 4.31 Å². The molecule has 0 atom stereocenters. The number of hydrogen-bond donors (Lipinski definition) is 0. The minimum absolute atomic E-state index is 0.00952. The second kappa shape index (κ2) is 10.1. The molecule has 2 saturated heterocycles. The summed E-state index contributed by atoms with van der Waals surface area (Å²) in [6, 6.07) is 14.7. The summed E-state index contributed by atoms with van der Waals surface area (Å²) in [4.78, 5) is 27.0. The lowest BCUT2D eigenvalue weighted by Gasteiger charge is -2.34. The molecule has 0 spiro atoms. The van der Waals surface area contributed by atoms with Gasteiger partial charge in [-0.3, -0.25) is 4.79 Å². The summed E-state index contributed by atoms with van der Waals surface area (Å²) in [7, 11) is -3.55. The SMILES string of the molecule is Cc1ccc(S(=O)(=O)N2CCN(C(=O)CSc3nc4ccccc4nc3N3CCCC3)CC2)cc1. The molecule has 0 bridgehead atoms. The first-order valence-electron chi connectivity index (χ1n) is 11.9. The van der Waals surface area contributed by atoms with E-state index in [1.54, 1.807) is 29.2 Å². The molecule has 2 fully saturated rings. The molecule has 1 amide bonds. The van der Waals surface area contributed by atoms with Crippen LogP contribution in [-0.4, -0.2) is 78.5 Å². The average Bonchev–Trinajstić information content (AvgIpc) is 3.42. The first kappa shape index (κ1) is 24.0. The van der Waals surface area contributed by atoms with E-state index in [4.69, 9.17) is 9.97 Å². The number of amides is 1. The fraction of sp³-hybridized carbons (Fsp3) is 0.400. The molecule has 1 aromatic heterocycles.